The van der Waals surface area contributed by atoms with Crippen LogP contribution in [0.15, 0.2) is 0 Å². The second-order valence-electron chi connectivity index (χ2n) is 3.91. The highest BCUT2D eigenvalue weighted by Crippen LogP contribution is 2.19. The standard InChI is InChI=1S/C9H16N2O5/c1-9(2-4-15-5-3-9)10-8(14)11-16-6-7(12)13/h2-6H2,1H3,(H,12,13)(H2,10,11,14). The Bertz CT molecular complexity index is 263. The molecule has 1 fully saturated rings. The van der Waals surface area contributed by atoms with Gasteiger partial charge in [-0.1, -0.05) is 0 Å². The molecule has 0 spiro atoms. The van der Waals surface area contributed by atoms with Crippen molar-refractivity contribution in [3.63, 3.8) is 0 Å². The van der Waals surface area contributed by atoms with Gasteiger partial charge in [-0.15, -0.1) is 0 Å². The highest BCUT2D eigenvalue weighted by molar-refractivity contribution is 5.74. The predicted octanol–water partition coefficient (Wildman–Crippen LogP) is -0.129. The molecule has 0 aromatic carbocycles. The molecule has 0 unspecified atom stereocenters. The molecule has 0 aromatic rings. The van der Waals surface area contributed by atoms with Crippen LogP contribution in [0.4, 0.5) is 4.79 Å². The molecule has 0 aliphatic carbocycles. The Morgan fingerprint density at radius 3 is 2.62 bits per heavy atom. The Kier molecular flexibility index (Phi) is 4.51. The minimum absolute atomic E-state index is 0.324. The first-order chi connectivity index (χ1) is 7.52. The van der Waals surface area contributed by atoms with Crippen molar-refractivity contribution < 1.29 is 24.3 Å². The van der Waals surface area contributed by atoms with Crippen LogP contribution in [0.3, 0.4) is 0 Å². The first-order valence-electron chi connectivity index (χ1n) is 5.01. The van der Waals surface area contributed by atoms with Crippen molar-refractivity contribution in [2.75, 3.05) is 19.8 Å². The summed E-state index contributed by atoms with van der Waals surface area (Å²) in [4.78, 5) is 25.9. The van der Waals surface area contributed by atoms with Gasteiger partial charge >= 0.3 is 12.0 Å². The zero-order valence-electron chi connectivity index (χ0n) is 9.12. The van der Waals surface area contributed by atoms with Gasteiger partial charge in [-0.05, 0) is 19.8 Å². The summed E-state index contributed by atoms with van der Waals surface area (Å²) < 4.78 is 5.18. The van der Waals surface area contributed by atoms with E-state index < -0.39 is 18.6 Å². The summed E-state index contributed by atoms with van der Waals surface area (Å²) in [5, 5.41) is 11.0. The van der Waals surface area contributed by atoms with Gasteiger partial charge in [0, 0.05) is 18.8 Å². The zero-order valence-corrected chi connectivity index (χ0v) is 9.12. The normalized spacial score (nSPS) is 18.8. The highest BCUT2D eigenvalue weighted by Gasteiger charge is 2.28. The van der Waals surface area contributed by atoms with Gasteiger partial charge in [0.25, 0.3) is 0 Å². The lowest BCUT2D eigenvalue weighted by molar-refractivity contribution is -0.144. The number of nitrogens with one attached hydrogen (secondary N) is 2. The number of rotatable bonds is 4. The molecule has 0 bridgehead atoms. The van der Waals surface area contributed by atoms with E-state index in [4.69, 9.17) is 9.84 Å². The predicted molar refractivity (Wildman–Crippen MR) is 53.7 cm³/mol. The Morgan fingerprint density at radius 2 is 2.06 bits per heavy atom. The number of urea groups is 1. The molecule has 1 aliphatic rings. The molecule has 16 heavy (non-hydrogen) atoms. The molecule has 0 radical (unpaired) electrons. The second kappa shape index (κ2) is 5.66. The molecule has 1 aliphatic heterocycles. The third-order valence-electron chi connectivity index (χ3n) is 2.37. The molecule has 0 atom stereocenters. The first-order valence-corrected chi connectivity index (χ1v) is 5.01. The SMILES string of the molecule is CC1(NC(=O)NOCC(=O)O)CCOCC1. The van der Waals surface area contributed by atoms with Crippen LogP contribution in [0.1, 0.15) is 19.8 Å². The average molecular weight is 232 g/mol. The van der Waals surface area contributed by atoms with E-state index in [0.29, 0.717) is 13.2 Å². The second-order valence-corrected chi connectivity index (χ2v) is 3.91. The Balaban J connectivity index is 2.24. The quantitative estimate of drug-likeness (QED) is 0.587. The fourth-order valence-corrected chi connectivity index (χ4v) is 1.41. The lowest BCUT2D eigenvalue weighted by Crippen LogP contribution is -2.53. The Labute approximate surface area is 93.1 Å². The number of carboxylic acid groups (broad SMARTS) is 1. The van der Waals surface area contributed by atoms with Crippen molar-refractivity contribution >= 4 is 12.0 Å². The number of amides is 2. The molecule has 7 heteroatoms. The summed E-state index contributed by atoms with van der Waals surface area (Å²) in [6, 6.07) is -0.536. The van der Waals surface area contributed by atoms with Crippen LogP contribution in [0, 0.1) is 0 Å². The fraction of sp³-hybridized carbons (Fsp3) is 0.778. The molecule has 0 saturated carbocycles. The van der Waals surface area contributed by atoms with Gasteiger partial charge < -0.3 is 15.2 Å². The number of hydrogen-bond donors (Lipinski definition) is 3. The van der Waals surface area contributed by atoms with Gasteiger partial charge in [0.05, 0.1) is 0 Å². The number of ether oxygens (including phenoxy) is 1. The monoisotopic (exact) mass is 232 g/mol. The van der Waals surface area contributed by atoms with E-state index in [0.717, 1.165) is 12.8 Å². The number of carbonyl (C=O) groups is 2. The van der Waals surface area contributed by atoms with E-state index in [1.54, 1.807) is 0 Å². The molecule has 7 nitrogen and oxygen atoms in total. The number of hydroxylamine groups is 1. The minimum atomic E-state index is -1.14. The van der Waals surface area contributed by atoms with Crippen LogP contribution in [0.5, 0.6) is 0 Å². The third-order valence-corrected chi connectivity index (χ3v) is 2.37. The average Bonchev–Trinajstić information content (AvgIpc) is 2.17. The van der Waals surface area contributed by atoms with Gasteiger partial charge in [0.1, 0.15) is 0 Å². The van der Waals surface area contributed by atoms with E-state index >= 15 is 0 Å². The molecule has 2 amide bonds. The maximum atomic E-state index is 11.3. The summed E-state index contributed by atoms with van der Waals surface area (Å²) in [5.74, 6) is -1.14. The molecule has 1 heterocycles. The minimum Gasteiger partial charge on any atom is -0.479 e. The summed E-state index contributed by atoms with van der Waals surface area (Å²) in [5.41, 5.74) is 1.69. The van der Waals surface area contributed by atoms with Gasteiger partial charge in [-0.2, -0.15) is 0 Å². The highest BCUT2D eigenvalue weighted by atomic mass is 16.7. The Morgan fingerprint density at radius 1 is 1.44 bits per heavy atom. The summed E-state index contributed by atoms with van der Waals surface area (Å²) in [7, 11) is 0. The van der Waals surface area contributed by atoms with E-state index in [9.17, 15) is 9.59 Å². The number of hydrogen-bond acceptors (Lipinski definition) is 4. The smallest absolute Gasteiger partial charge is 0.339 e. The molecular formula is C9H16N2O5. The number of aliphatic carboxylic acids is 1. The molecule has 0 aromatic heterocycles. The van der Waals surface area contributed by atoms with Crippen LogP contribution in [-0.4, -0.2) is 42.5 Å². The van der Waals surface area contributed by atoms with Crippen LogP contribution in [0.2, 0.25) is 0 Å². The third kappa shape index (κ3) is 4.45. The van der Waals surface area contributed by atoms with Crippen molar-refractivity contribution in [3.05, 3.63) is 0 Å². The summed E-state index contributed by atoms with van der Waals surface area (Å²) in [6.07, 6.45) is 1.44. The van der Waals surface area contributed by atoms with E-state index in [1.165, 1.54) is 0 Å². The first kappa shape index (κ1) is 12.7. The van der Waals surface area contributed by atoms with Gasteiger partial charge in [0.2, 0.25) is 0 Å². The van der Waals surface area contributed by atoms with Crippen molar-refractivity contribution in [1.29, 1.82) is 0 Å². The maximum Gasteiger partial charge on any atom is 0.339 e. The molecule has 1 saturated heterocycles. The molecule has 1 rings (SSSR count). The summed E-state index contributed by atoms with van der Waals surface area (Å²) >= 11 is 0. The lowest BCUT2D eigenvalue weighted by atomic mass is 9.93. The zero-order chi connectivity index (χ0) is 12.0. The summed E-state index contributed by atoms with van der Waals surface area (Å²) in [6.45, 7) is 2.55. The maximum absolute atomic E-state index is 11.3. The van der Waals surface area contributed by atoms with Crippen molar-refractivity contribution in [3.8, 4) is 0 Å². The molecule has 92 valence electrons. The van der Waals surface area contributed by atoms with Crippen molar-refractivity contribution in [2.45, 2.75) is 25.3 Å². The van der Waals surface area contributed by atoms with Crippen molar-refractivity contribution in [2.24, 2.45) is 0 Å². The largest absolute Gasteiger partial charge is 0.479 e. The fourth-order valence-electron chi connectivity index (χ4n) is 1.41. The van der Waals surface area contributed by atoms with Crippen LogP contribution in [-0.2, 0) is 14.4 Å². The van der Waals surface area contributed by atoms with E-state index in [-0.39, 0.29) is 5.54 Å². The lowest BCUT2D eigenvalue weighted by Gasteiger charge is -2.34. The van der Waals surface area contributed by atoms with Crippen LogP contribution in [0.25, 0.3) is 0 Å². The van der Waals surface area contributed by atoms with E-state index in [1.807, 2.05) is 12.4 Å². The molecular weight excluding hydrogens is 216 g/mol. The number of carbonyl (C=O) groups excluding carboxylic acids is 1. The van der Waals surface area contributed by atoms with Crippen LogP contribution >= 0.6 is 0 Å². The van der Waals surface area contributed by atoms with Gasteiger partial charge in [-0.3, -0.25) is 4.84 Å². The van der Waals surface area contributed by atoms with Gasteiger partial charge in [-0.25, -0.2) is 15.1 Å². The topological polar surface area (TPSA) is 96.9 Å². The van der Waals surface area contributed by atoms with E-state index in [2.05, 4.69) is 10.2 Å². The molecule has 3 N–H and O–H groups in total. The van der Waals surface area contributed by atoms with Crippen molar-refractivity contribution in [1.82, 2.24) is 10.8 Å². The van der Waals surface area contributed by atoms with Crippen LogP contribution < -0.4 is 10.8 Å². The van der Waals surface area contributed by atoms with Gasteiger partial charge in [0.15, 0.2) is 6.61 Å². The Hall–Kier alpha value is -1.34. The number of carboxylic acids is 1.